The minimum Gasteiger partial charge on any atom is -0.377 e. The standard InChI is InChI=1S/C15H24N2O3/c1-3-20-12-9-11(13(12)19-2)17-14(18)15(10-16)7-5-4-6-8-15/h11-13H,3-9H2,1-2H3,(H,17,18). The zero-order chi connectivity index (χ0) is 14.6. The van der Waals surface area contributed by atoms with Gasteiger partial charge in [0.05, 0.1) is 18.2 Å². The Kier molecular flexibility index (Phi) is 5.00. The fourth-order valence-corrected chi connectivity index (χ4v) is 3.27. The molecule has 0 bridgehead atoms. The van der Waals surface area contributed by atoms with E-state index in [9.17, 15) is 10.1 Å². The van der Waals surface area contributed by atoms with Crippen LogP contribution in [0.4, 0.5) is 0 Å². The lowest BCUT2D eigenvalue weighted by molar-refractivity contribution is -0.148. The normalized spacial score (nSPS) is 31.9. The summed E-state index contributed by atoms with van der Waals surface area (Å²) in [7, 11) is 1.63. The molecule has 20 heavy (non-hydrogen) atoms. The molecule has 112 valence electrons. The molecule has 3 atom stereocenters. The van der Waals surface area contributed by atoms with Crippen LogP contribution in [0.2, 0.25) is 0 Å². The van der Waals surface area contributed by atoms with Crippen molar-refractivity contribution in [3.63, 3.8) is 0 Å². The second kappa shape index (κ2) is 6.55. The molecule has 5 nitrogen and oxygen atoms in total. The Morgan fingerprint density at radius 2 is 2.10 bits per heavy atom. The molecule has 2 saturated carbocycles. The van der Waals surface area contributed by atoms with E-state index in [1.165, 1.54) is 0 Å². The molecule has 0 aromatic heterocycles. The lowest BCUT2D eigenvalue weighted by Gasteiger charge is -2.44. The van der Waals surface area contributed by atoms with E-state index in [0.29, 0.717) is 19.4 Å². The van der Waals surface area contributed by atoms with Gasteiger partial charge in [-0.2, -0.15) is 5.26 Å². The molecule has 2 aliphatic rings. The van der Waals surface area contributed by atoms with E-state index >= 15 is 0 Å². The number of hydrogen-bond donors (Lipinski definition) is 1. The molecule has 1 amide bonds. The minimum atomic E-state index is -0.826. The van der Waals surface area contributed by atoms with Gasteiger partial charge in [0.1, 0.15) is 11.5 Å². The van der Waals surface area contributed by atoms with Gasteiger partial charge in [0, 0.05) is 13.7 Å². The summed E-state index contributed by atoms with van der Waals surface area (Å²) < 4.78 is 10.9. The van der Waals surface area contributed by atoms with Crippen LogP contribution >= 0.6 is 0 Å². The first kappa shape index (κ1) is 15.3. The van der Waals surface area contributed by atoms with Crippen LogP contribution in [-0.4, -0.2) is 37.9 Å². The molecule has 5 heteroatoms. The molecule has 0 radical (unpaired) electrons. The van der Waals surface area contributed by atoms with Crippen molar-refractivity contribution >= 4 is 5.91 Å². The summed E-state index contributed by atoms with van der Waals surface area (Å²) in [6.45, 7) is 2.60. The smallest absolute Gasteiger partial charge is 0.240 e. The van der Waals surface area contributed by atoms with Crippen molar-refractivity contribution in [1.29, 1.82) is 5.26 Å². The van der Waals surface area contributed by atoms with Crippen molar-refractivity contribution in [3.8, 4) is 6.07 Å². The van der Waals surface area contributed by atoms with Gasteiger partial charge >= 0.3 is 0 Å². The second-order valence-electron chi connectivity index (χ2n) is 5.76. The van der Waals surface area contributed by atoms with Crippen LogP contribution in [0.3, 0.4) is 0 Å². The molecule has 2 rings (SSSR count). The first-order chi connectivity index (χ1) is 9.66. The maximum absolute atomic E-state index is 12.5. The summed E-state index contributed by atoms with van der Waals surface area (Å²) in [5.41, 5.74) is -0.826. The molecule has 0 aromatic carbocycles. The van der Waals surface area contributed by atoms with Gasteiger partial charge in [0.25, 0.3) is 0 Å². The monoisotopic (exact) mass is 280 g/mol. The molecule has 2 fully saturated rings. The lowest BCUT2D eigenvalue weighted by Crippen LogP contribution is -2.62. The summed E-state index contributed by atoms with van der Waals surface area (Å²) in [6.07, 6.45) is 5.11. The van der Waals surface area contributed by atoms with Crippen molar-refractivity contribution in [2.24, 2.45) is 5.41 Å². The molecule has 0 spiro atoms. The molecule has 0 aromatic rings. The van der Waals surface area contributed by atoms with Crippen molar-refractivity contribution in [2.45, 2.75) is 63.7 Å². The van der Waals surface area contributed by atoms with Gasteiger partial charge in [-0.3, -0.25) is 4.79 Å². The fourth-order valence-electron chi connectivity index (χ4n) is 3.27. The quantitative estimate of drug-likeness (QED) is 0.833. The molecule has 2 aliphatic carbocycles. The van der Waals surface area contributed by atoms with E-state index in [1.807, 2.05) is 6.92 Å². The SMILES string of the molecule is CCOC1CC(NC(=O)C2(C#N)CCCCC2)C1OC. The van der Waals surface area contributed by atoms with Gasteiger partial charge in [-0.05, 0) is 26.2 Å². The lowest BCUT2D eigenvalue weighted by atomic mass is 9.73. The highest BCUT2D eigenvalue weighted by Crippen LogP contribution is 2.37. The van der Waals surface area contributed by atoms with Crippen molar-refractivity contribution in [1.82, 2.24) is 5.32 Å². The number of nitrogens with one attached hydrogen (secondary N) is 1. The van der Waals surface area contributed by atoms with E-state index in [0.717, 1.165) is 25.7 Å². The number of carbonyl (C=O) groups excluding carboxylic acids is 1. The van der Waals surface area contributed by atoms with E-state index in [-0.39, 0.29) is 24.2 Å². The number of nitrogens with zero attached hydrogens (tertiary/aromatic N) is 1. The maximum Gasteiger partial charge on any atom is 0.240 e. The first-order valence-electron chi connectivity index (χ1n) is 7.53. The van der Waals surface area contributed by atoms with Gasteiger partial charge in [0.2, 0.25) is 5.91 Å². The molecule has 3 unspecified atom stereocenters. The number of hydrogen-bond acceptors (Lipinski definition) is 4. The number of rotatable bonds is 5. The third kappa shape index (κ3) is 2.82. The molecule has 0 heterocycles. The molecule has 0 saturated heterocycles. The van der Waals surface area contributed by atoms with Crippen molar-refractivity contribution in [3.05, 3.63) is 0 Å². The topological polar surface area (TPSA) is 71.3 Å². The third-order valence-corrected chi connectivity index (χ3v) is 4.57. The number of amides is 1. The van der Waals surface area contributed by atoms with Gasteiger partial charge in [-0.1, -0.05) is 19.3 Å². The van der Waals surface area contributed by atoms with Crippen LogP contribution in [0, 0.1) is 16.7 Å². The van der Waals surface area contributed by atoms with Gasteiger partial charge < -0.3 is 14.8 Å². The zero-order valence-electron chi connectivity index (χ0n) is 12.4. The largest absolute Gasteiger partial charge is 0.377 e. The Morgan fingerprint density at radius 3 is 2.65 bits per heavy atom. The second-order valence-corrected chi connectivity index (χ2v) is 5.76. The fraction of sp³-hybridized carbons (Fsp3) is 0.867. The Morgan fingerprint density at radius 1 is 1.40 bits per heavy atom. The zero-order valence-corrected chi connectivity index (χ0v) is 12.4. The van der Waals surface area contributed by atoms with E-state index < -0.39 is 5.41 Å². The number of carbonyl (C=O) groups is 1. The van der Waals surface area contributed by atoms with Gasteiger partial charge in [-0.15, -0.1) is 0 Å². The van der Waals surface area contributed by atoms with Crippen molar-refractivity contribution in [2.75, 3.05) is 13.7 Å². The Bertz CT molecular complexity index is 385. The molecular weight excluding hydrogens is 256 g/mol. The van der Waals surface area contributed by atoms with E-state index in [2.05, 4.69) is 11.4 Å². The average Bonchev–Trinajstić information content (AvgIpc) is 2.47. The van der Waals surface area contributed by atoms with Crippen molar-refractivity contribution < 1.29 is 14.3 Å². The highest BCUT2D eigenvalue weighted by atomic mass is 16.5. The average molecular weight is 280 g/mol. The third-order valence-electron chi connectivity index (χ3n) is 4.57. The number of methoxy groups -OCH3 is 1. The van der Waals surface area contributed by atoms with Gasteiger partial charge in [0.15, 0.2) is 0 Å². The highest BCUT2D eigenvalue weighted by molar-refractivity contribution is 5.85. The maximum atomic E-state index is 12.5. The van der Waals surface area contributed by atoms with Crippen LogP contribution in [0.5, 0.6) is 0 Å². The Labute approximate surface area is 120 Å². The van der Waals surface area contributed by atoms with Crippen LogP contribution in [0.15, 0.2) is 0 Å². The van der Waals surface area contributed by atoms with Crippen LogP contribution in [0.25, 0.3) is 0 Å². The summed E-state index contributed by atoms with van der Waals surface area (Å²) in [5, 5.41) is 12.4. The minimum absolute atomic E-state index is 0.0313. The van der Waals surface area contributed by atoms with E-state index in [4.69, 9.17) is 9.47 Å². The van der Waals surface area contributed by atoms with Crippen LogP contribution in [0.1, 0.15) is 45.4 Å². The number of nitriles is 1. The van der Waals surface area contributed by atoms with Crippen LogP contribution in [-0.2, 0) is 14.3 Å². The predicted octanol–water partition coefficient (Wildman–Crippen LogP) is 1.77. The first-order valence-corrected chi connectivity index (χ1v) is 7.53. The van der Waals surface area contributed by atoms with Gasteiger partial charge in [-0.25, -0.2) is 0 Å². The summed E-state index contributed by atoms with van der Waals surface area (Å²) in [5.74, 6) is -0.123. The Hall–Kier alpha value is -1.12. The molecular formula is C15H24N2O3. The van der Waals surface area contributed by atoms with E-state index in [1.54, 1.807) is 7.11 Å². The number of ether oxygens (including phenoxy) is 2. The summed E-state index contributed by atoms with van der Waals surface area (Å²) >= 11 is 0. The Balaban J connectivity index is 1.93. The van der Waals surface area contributed by atoms with Crippen LogP contribution < -0.4 is 5.32 Å². The molecule has 0 aliphatic heterocycles. The summed E-state index contributed by atoms with van der Waals surface area (Å²) in [4.78, 5) is 12.5. The predicted molar refractivity (Wildman–Crippen MR) is 73.9 cm³/mol. The highest BCUT2D eigenvalue weighted by Gasteiger charge is 2.47. The molecule has 1 N–H and O–H groups in total. The summed E-state index contributed by atoms with van der Waals surface area (Å²) in [6, 6.07) is 2.22.